The number of benzene rings is 3. The van der Waals surface area contributed by atoms with E-state index in [1.807, 2.05) is 24.3 Å². The number of imidazole rings is 1. The van der Waals surface area contributed by atoms with Crippen LogP contribution < -0.4 is 5.73 Å². The summed E-state index contributed by atoms with van der Waals surface area (Å²) in [6, 6.07) is 17.9. The zero-order valence-electron chi connectivity index (χ0n) is 18.1. The van der Waals surface area contributed by atoms with Crippen molar-refractivity contribution in [2.75, 3.05) is 25.4 Å². The number of fused-ring (bicyclic) bond motifs is 1. The van der Waals surface area contributed by atoms with Crippen LogP contribution in [0, 0.1) is 0 Å². The van der Waals surface area contributed by atoms with E-state index in [0.717, 1.165) is 22.0 Å². The highest BCUT2D eigenvalue weighted by Crippen LogP contribution is 2.25. The first-order valence-electron chi connectivity index (χ1n) is 10.7. The molecule has 1 fully saturated rings. The average molecular weight is 496 g/mol. The van der Waals surface area contributed by atoms with E-state index in [4.69, 9.17) is 17.3 Å². The number of anilines is 1. The Hall–Kier alpha value is -3.40. The van der Waals surface area contributed by atoms with Gasteiger partial charge in [0.2, 0.25) is 21.9 Å². The quantitative estimate of drug-likeness (QED) is 0.457. The van der Waals surface area contributed by atoms with Crippen LogP contribution in [-0.4, -0.2) is 52.7 Å². The van der Waals surface area contributed by atoms with Gasteiger partial charge in [0.1, 0.15) is 0 Å². The molecule has 0 saturated carbocycles. The SMILES string of the molecule is Nc1nccn1-c1ccc(CN2CCN(S(=O)(=O)c3ccc4cc(Cl)ccc4c3)CC2=O)cc1. The molecule has 1 aromatic heterocycles. The topological polar surface area (TPSA) is 102 Å². The molecule has 0 unspecified atom stereocenters. The summed E-state index contributed by atoms with van der Waals surface area (Å²) in [6.45, 7) is 0.766. The van der Waals surface area contributed by atoms with E-state index in [1.54, 1.807) is 58.3 Å². The van der Waals surface area contributed by atoms with Gasteiger partial charge in [-0.05, 0) is 52.7 Å². The van der Waals surface area contributed by atoms with Crippen molar-refractivity contribution in [2.45, 2.75) is 11.4 Å². The van der Waals surface area contributed by atoms with Crippen molar-refractivity contribution >= 4 is 44.3 Å². The fourth-order valence-electron chi connectivity index (χ4n) is 4.08. The first-order chi connectivity index (χ1) is 16.3. The molecule has 0 spiro atoms. The van der Waals surface area contributed by atoms with Gasteiger partial charge in [-0.15, -0.1) is 0 Å². The van der Waals surface area contributed by atoms with Crippen LogP contribution >= 0.6 is 11.6 Å². The lowest BCUT2D eigenvalue weighted by atomic mass is 10.1. The maximum absolute atomic E-state index is 13.2. The largest absolute Gasteiger partial charge is 0.369 e. The minimum absolute atomic E-state index is 0.165. The van der Waals surface area contributed by atoms with Crippen molar-refractivity contribution in [3.05, 3.63) is 83.6 Å². The van der Waals surface area contributed by atoms with Gasteiger partial charge in [-0.25, -0.2) is 13.4 Å². The monoisotopic (exact) mass is 495 g/mol. The van der Waals surface area contributed by atoms with Gasteiger partial charge in [0.15, 0.2) is 0 Å². The number of rotatable bonds is 5. The molecule has 1 aliphatic heterocycles. The predicted molar refractivity (Wildman–Crippen MR) is 131 cm³/mol. The second-order valence-corrected chi connectivity index (χ2v) is 10.5. The van der Waals surface area contributed by atoms with Gasteiger partial charge in [0, 0.05) is 42.7 Å². The van der Waals surface area contributed by atoms with E-state index in [2.05, 4.69) is 4.98 Å². The number of nitrogens with two attached hydrogens (primary N) is 1. The zero-order chi connectivity index (χ0) is 23.9. The Balaban J connectivity index is 1.27. The first-order valence-corrected chi connectivity index (χ1v) is 12.5. The van der Waals surface area contributed by atoms with E-state index in [-0.39, 0.29) is 23.9 Å². The first kappa shape index (κ1) is 22.4. The molecule has 0 aliphatic carbocycles. The number of sulfonamides is 1. The van der Waals surface area contributed by atoms with Crippen LogP contribution in [0.5, 0.6) is 0 Å². The summed E-state index contributed by atoms with van der Waals surface area (Å²) in [4.78, 5) is 18.7. The van der Waals surface area contributed by atoms with Crippen LogP contribution in [0.25, 0.3) is 16.5 Å². The van der Waals surface area contributed by atoms with E-state index >= 15 is 0 Å². The number of carbonyl (C=O) groups excluding carboxylic acids is 1. The van der Waals surface area contributed by atoms with Crippen molar-refractivity contribution in [3.8, 4) is 5.69 Å². The normalized spacial score (nSPS) is 15.2. The van der Waals surface area contributed by atoms with Gasteiger partial charge in [-0.3, -0.25) is 9.36 Å². The summed E-state index contributed by atoms with van der Waals surface area (Å²) in [6.07, 6.45) is 3.40. The lowest BCUT2D eigenvalue weighted by molar-refractivity contribution is -0.134. The van der Waals surface area contributed by atoms with Crippen LogP contribution in [0.4, 0.5) is 5.95 Å². The van der Waals surface area contributed by atoms with Crippen molar-refractivity contribution < 1.29 is 13.2 Å². The molecule has 1 amide bonds. The summed E-state index contributed by atoms with van der Waals surface area (Å²) < 4.78 is 29.4. The molecule has 4 aromatic rings. The molecule has 0 bridgehead atoms. The molecule has 5 rings (SSSR count). The van der Waals surface area contributed by atoms with Gasteiger partial charge in [-0.2, -0.15) is 4.31 Å². The van der Waals surface area contributed by atoms with Crippen LogP contribution in [0.1, 0.15) is 5.56 Å². The van der Waals surface area contributed by atoms with Crippen LogP contribution in [-0.2, 0) is 21.4 Å². The minimum Gasteiger partial charge on any atom is -0.369 e. The van der Waals surface area contributed by atoms with Crippen molar-refractivity contribution in [1.29, 1.82) is 0 Å². The molecule has 3 aromatic carbocycles. The summed E-state index contributed by atoms with van der Waals surface area (Å²) in [7, 11) is -3.80. The second-order valence-electron chi connectivity index (χ2n) is 8.13. The Labute approximate surface area is 202 Å². The van der Waals surface area contributed by atoms with E-state index in [9.17, 15) is 13.2 Å². The second kappa shape index (κ2) is 8.75. The number of halogens is 1. The summed E-state index contributed by atoms with van der Waals surface area (Å²) in [5.41, 5.74) is 7.66. The van der Waals surface area contributed by atoms with E-state index < -0.39 is 10.0 Å². The number of carbonyl (C=O) groups is 1. The third-order valence-corrected chi connectivity index (χ3v) is 8.03. The number of amides is 1. The molecular formula is C24H22ClN5O3S. The fourth-order valence-corrected chi connectivity index (χ4v) is 5.68. The summed E-state index contributed by atoms with van der Waals surface area (Å²) >= 11 is 6.02. The maximum Gasteiger partial charge on any atom is 0.243 e. The number of hydrogen-bond donors (Lipinski definition) is 1. The van der Waals surface area contributed by atoms with Crippen LogP contribution in [0.15, 0.2) is 78.0 Å². The lowest BCUT2D eigenvalue weighted by Gasteiger charge is -2.33. The smallest absolute Gasteiger partial charge is 0.243 e. The molecule has 1 aliphatic rings. The molecule has 8 nitrogen and oxygen atoms in total. The van der Waals surface area contributed by atoms with Gasteiger partial charge < -0.3 is 10.6 Å². The maximum atomic E-state index is 13.2. The van der Waals surface area contributed by atoms with Gasteiger partial charge in [0.05, 0.1) is 11.4 Å². The molecule has 0 radical (unpaired) electrons. The lowest BCUT2D eigenvalue weighted by Crippen LogP contribution is -2.51. The number of nitrogens with zero attached hydrogens (tertiary/aromatic N) is 4. The van der Waals surface area contributed by atoms with Crippen LogP contribution in [0.2, 0.25) is 5.02 Å². The summed E-state index contributed by atoms with van der Waals surface area (Å²) in [5, 5.41) is 2.22. The number of piperazine rings is 1. The number of nitrogen functional groups attached to an aromatic ring is 1. The van der Waals surface area contributed by atoms with Crippen molar-refractivity contribution in [3.63, 3.8) is 0 Å². The highest BCUT2D eigenvalue weighted by atomic mass is 35.5. The molecule has 2 N–H and O–H groups in total. The highest BCUT2D eigenvalue weighted by molar-refractivity contribution is 7.89. The Morgan fingerprint density at radius 1 is 0.971 bits per heavy atom. The number of hydrogen-bond acceptors (Lipinski definition) is 5. The molecular weight excluding hydrogens is 474 g/mol. The Kier molecular flexibility index (Phi) is 5.76. The van der Waals surface area contributed by atoms with Gasteiger partial charge >= 0.3 is 0 Å². The zero-order valence-corrected chi connectivity index (χ0v) is 19.7. The molecule has 1 saturated heterocycles. The molecule has 34 heavy (non-hydrogen) atoms. The average Bonchev–Trinajstić information content (AvgIpc) is 3.26. The predicted octanol–water partition coefficient (Wildman–Crippen LogP) is 3.29. The third kappa shape index (κ3) is 4.25. The van der Waals surface area contributed by atoms with Crippen molar-refractivity contribution in [1.82, 2.24) is 18.8 Å². The molecule has 2 heterocycles. The van der Waals surface area contributed by atoms with Gasteiger partial charge in [0.25, 0.3) is 0 Å². The van der Waals surface area contributed by atoms with E-state index in [1.165, 1.54) is 4.31 Å². The highest BCUT2D eigenvalue weighted by Gasteiger charge is 2.33. The number of aromatic nitrogens is 2. The third-order valence-electron chi connectivity index (χ3n) is 5.95. The fraction of sp³-hybridized carbons (Fsp3) is 0.167. The Morgan fingerprint density at radius 2 is 1.71 bits per heavy atom. The van der Waals surface area contributed by atoms with Crippen molar-refractivity contribution in [2.24, 2.45) is 0 Å². The molecule has 174 valence electrons. The van der Waals surface area contributed by atoms with E-state index in [0.29, 0.717) is 24.1 Å². The molecule has 0 atom stereocenters. The Bertz CT molecular complexity index is 1480. The molecule has 10 heteroatoms. The minimum atomic E-state index is -3.80. The van der Waals surface area contributed by atoms with Gasteiger partial charge in [-0.1, -0.05) is 35.9 Å². The van der Waals surface area contributed by atoms with Crippen LogP contribution in [0.3, 0.4) is 0 Å². The summed E-state index contributed by atoms with van der Waals surface area (Å²) in [5.74, 6) is 0.167. The Morgan fingerprint density at radius 3 is 2.41 bits per heavy atom. The standard InChI is InChI=1S/C24H22ClN5O3S/c25-20-5-3-19-14-22(8-4-18(19)13-20)34(32,33)29-12-11-28(23(31)16-29)15-17-1-6-21(7-2-17)30-10-9-27-24(30)26/h1-10,13-14H,11-12,15-16H2,(H2,26,27).